The van der Waals surface area contributed by atoms with Crippen molar-refractivity contribution in [2.45, 2.75) is 71.6 Å². The molecule has 0 aromatic heterocycles. The smallest absolute Gasteiger partial charge is 0.410 e. The second-order valence-corrected chi connectivity index (χ2v) is 9.27. The topological polar surface area (TPSA) is 111 Å². The molecule has 8 nitrogen and oxygen atoms in total. The Morgan fingerprint density at radius 2 is 2.00 bits per heavy atom. The van der Waals surface area contributed by atoms with Gasteiger partial charge in [-0.05, 0) is 78.6 Å². The molecule has 8 heteroatoms. The zero-order valence-corrected chi connectivity index (χ0v) is 19.5. The van der Waals surface area contributed by atoms with Crippen molar-refractivity contribution in [3.8, 4) is 5.75 Å². The molecular weight excluding hydrogens is 396 g/mol. The molecule has 1 aromatic carbocycles. The summed E-state index contributed by atoms with van der Waals surface area (Å²) in [6, 6.07) is 4.98. The van der Waals surface area contributed by atoms with Crippen molar-refractivity contribution in [1.29, 1.82) is 0 Å². The minimum atomic E-state index is -0.554. The van der Waals surface area contributed by atoms with E-state index in [2.05, 4.69) is 0 Å². The first-order chi connectivity index (χ1) is 14.5. The maximum atomic E-state index is 13.5. The molecule has 2 amide bonds. The summed E-state index contributed by atoms with van der Waals surface area (Å²) in [5.74, 6) is 0.386. The molecule has 1 aliphatic rings. The molecule has 31 heavy (non-hydrogen) atoms. The zero-order valence-electron chi connectivity index (χ0n) is 19.5. The highest BCUT2D eigenvalue weighted by atomic mass is 16.6. The molecule has 0 radical (unpaired) electrons. The van der Waals surface area contributed by atoms with Crippen LogP contribution in [-0.2, 0) is 4.74 Å². The van der Waals surface area contributed by atoms with E-state index >= 15 is 0 Å². The van der Waals surface area contributed by atoms with Crippen LogP contribution in [-0.4, -0.2) is 65.7 Å². The molecule has 0 unspecified atom stereocenters. The summed E-state index contributed by atoms with van der Waals surface area (Å²) in [6.45, 7) is 11.6. The Kier molecular flexibility index (Phi) is 8.56. The van der Waals surface area contributed by atoms with E-state index in [-0.39, 0.29) is 24.1 Å². The fourth-order valence-electron chi connectivity index (χ4n) is 3.70. The van der Waals surface area contributed by atoms with Gasteiger partial charge >= 0.3 is 6.09 Å². The van der Waals surface area contributed by atoms with Crippen molar-refractivity contribution < 1.29 is 19.1 Å². The average molecular weight is 435 g/mol. The maximum absolute atomic E-state index is 13.5. The summed E-state index contributed by atoms with van der Waals surface area (Å²) in [4.78, 5) is 29.6. The Morgan fingerprint density at radius 3 is 2.61 bits per heavy atom. The third-order valence-corrected chi connectivity index (χ3v) is 5.10. The SMILES string of the molecule is CC(C)N(C(=O)c1ccc(N)c(OCCCN)c1)[C@@H]1CCCN(C(=O)OC(C)(C)C)C1. The molecule has 0 saturated carbocycles. The van der Waals surface area contributed by atoms with E-state index in [1.807, 2.05) is 39.5 Å². The van der Waals surface area contributed by atoms with Crippen LogP contribution in [0.5, 0.6) is 5.75 Å². The van der Waals surface area contributed by atoms with Gasteiger partial charge in [-0.2, -0.15) is 0 Å². The lowest BCUT2D eigenvalue weighted by Crippen LogP contribution is -2.54. The van der Waals surface area contributed by atoms with Crippen LogP contribution >= 0.6 is 0 Å². The Morgan fingerprint density at radius 1 is 1.29 bits per heavy atom. The second-order valence-electron chi connectivity index (χ2n) is 9.27. The molecule has 0 aliphatic carbocycles. The molecule has 4 N–H and O–H groups in total. The predicted octanol–water partition coefficient (Wildman–Crippen LogP) is 3.25. The van der Waals surface area contributed by atoms with Crippen molar-refractivity contribution in [1.82, 2.24) is 9.80 Å². The van der Waals surface area contributed by atoms with Crippen LogP contribution in [0.2, 0.25) is 0 Å². The van der Waals surface area contributed by atoms with E-state index in [1.54, 1.807) is 23.1 Å². The van der Waals surface area contributed by atoms with E-state index < -0.39 is 5.60 Å². The molecule has 1 fully saturated rings. The van der Waals surface area contributed by atoms with Crippen molar-refractivity contribution in [2.24, 2.45) is 5.73 Å². The summed E-state index contributed by atoms with van der Waals surface area (Å²) in [5.41, 5.74) is 12.0. The van der Waals surface area contributed by atoms with Crippen LogP contribution in [0.3, 0.4) is 0 Å². The number of hydrogen-bond acceptors (Lipinski definition) is 6. The van der Waals surface area contributed by atoms with Gasteiger partial charge in [0.15, 0.2) is 0 Å². The van der Waals surface area contributed by atoms with Gasteiger partial charge in [-0.15, -0.1) is 0 Å². The lowest BCUT2D eigenvalue weighted by molar-refractivity contribution is 0.00752. The Hall–Kier alpha value is -2.48. The van der Waals surface area contributed by atoms with Crippen molar-refractivity contribution in [3.63, 3.8) is 0 Å². The highest BCUT2D eigenvalue weighted by Gasteiger charge is 2.34. The van der Waals surface area contributed by atoms with Gasteiger partial charge in [0.1, 0.15) is 11.4 Å². The number of carbonyl (C=O) groups is 2. The average Bonchev–Trinajstić information content (AvgIpc) is 2.68. The summed E-state index contributed by atoms with van der Waals surface area (Å²) < 4.78 is 11.2. The number of benzene rings is 1. The van der Waals surface area contributed by atoms with Gasteiger partial charge in [0.2, 0.25) is 0 Å². The first-order valence-corrected chi connectivity index (χ1v) is 11.1. The highest BCUT2D eigenvalue weighted by molar-refractivity contribution is 5.95. The quantitative estimate of drug-likeness (QED) is 0.503. The summed E-state index contributed by atoms with van der Waals surface area (Å²) in [7, 11) is 0. The third kappa shape index (κ3) is 7.02. The van der Waals surface area contributed by atoms with Crippen LogP contribution in [0.1, 0.15) is 64.2 Å². The summed E-state index contributed by atoms with van der Waals surface area (Å²) in [6.07, 6.45) is 2.02. The molecule has 1 heterocycles. The van der Waals surface area contributed by atoms with Gasteiger partial charge in [-0.25, -0.2) is 4.79 Å². The predicted molar refractivity (Wildman–Crippen MR) is 122 cm³/mol. The van der Waals surface area contributed by atoms with Crippen LogP contribution in [0.15, 0.2) is 18.2 Å². The van der Waals surface area contributed by atoms with Gasteiger partial charge in [0, 0.05) is 24.7 Å². The fourth-order valence-corrected chi connectivity index (χ4v) is 3.70. The molecular formula is C23H38N4O4. The Balaban J connectivity index is 2.18. The van der Waals surface area contributed by atoms with Gasteiger partial charge in [0.05, 0.1) is 18.3 Å². The summed E-state index contributed by atoms with van der Waals surface area (Å²) in [5, 5.41) is 0. The summed E-state index contributed by atoms with van der Waals surface area (Å²) >= 11 is 0. The second kappa shape index (κ2) is 10.7. The van der Waals surface area contributed by atoms with Gasteiger partial charge in [0.25, 0.3) is 5.91 Å². The van der Waals surface area contributed by atoms with Crippen molar-refractivity contribution in [2.75, 3.05) is 32.0 Å². The lowest BCUT2D eigenvalue weighted by atomic mass is 10.0. The van der Waals surface area contributed by atoms with Gasteiger partial charge in [-0.3, -0.25) is 4.79 Å². The van der Waals surface area contributed by atoms with Crippen molar-refractivity contribution in [3.05, 3.63) is 23.8 Å². The number of nitrogens with zero attached hydrogens (tertiary/aromatic N) is 2. The number of ether oxygens (including phenoxy) is 2. The van der Waals surface area contributed by atoms with E-state index in [0.29, 0.717) is 49.7 Å². The first-order valence-electron chi connectivity index (χ1n) is 11.1. The van der Waals surface area contributed by atoms with Crippen LogP contribution in [0.25, 0.3) is 0 Å². The number of carbonyl (C=O) groups excluding carboxylic acids is 2. The third-order valence-electron chi connectivity index (χ3n) is 5.10. The minimum Gasteiger partial charge on any atom is -0.491 e. The molecule has 1 atom stereocenters. The number of amides is 2. The molecule has 1 aromatic rings. The molecule has 174 valence electrons. The molecule has 0 bridgehead atoms. The first kappa shape index (κ1) is 24.8. The number of nitrogen functional groups attached to an aromatic ring is 1. The van der Waals surface area contributed by atoms with Crippen LogP contribution in [0, 0.1) is 0 Å². The van der Waals surface area contributed by atoms with Crippen molar-refractivity contribution >= 4 is 17.7 Å². The number of nitrogens with two attached hydrogens (primary N) is 2. The minimum absolute atomic E-state index is 0.0322. The van der Waals surface area contributed by atoms with Crippen LogP contribution < -0.4 is 16.2 Å². The number of piperidine rings is 1. The van der Waals surface area contributed by atoms with E-state index in [0.717, 1.165) is 12.8 Å². The van der Waals surface area contributed by atoms with Crippen LogP contribution in [0.4, 0.5) is 10.5 Å². The lowest BCUT2D eigenvalue weighted by Gasteiger charge is -2.41. The van der Waals surface area contributed by atoms with E-state index in [9.17, 15) is 9.59 Å². The number of rotatable bonds is 7. The number of hydrogen-bond donors (Lipinski definition) is 2. The van der Waals surface area contributed by atoms with E-state index in [1.165, 1.54) is 0 Å². The van der Waals surface area contributed by atoms with Gasteiger partial charge < -0.3 is 30.7 Å². The normalized spacial score (nSPS) is 16.9. The fraction of sp³-hybridized carbons (Fsp3) is 0.652. The van der Waals surface area contributed by atoms with E-state index in [4.69, 9.17) is 20.9 Å². The number of anilines is 1. The standard InChI is InChI=1S/C23H38N4O4/c1-16(2)27(18-8-6-12-26(15-18)22(29)31-23(3,4)5)21(28)17-9-10-19(25)20(14-17)30-13-7-11-24/h9-10,14,16,18H,6-8,11-13,15,24-25H2,1-5H3/t18-/m1/s1. The Labute approximate surface area is 185 Å². The highest BCUT2D eigenvalue weighted by Crippen LogP contribution is 2.27. The molecule has 1 saturated heterocycles. The molecule has 1 aliphatic heterocycles. The maximum Gasteiger partial charge on any atom is 0.410 e. The molecule has 2 rings (SSSR count). The largest absolute Gasteiger partial charge is 0.491 e. The Bertz CT molecular complexity index is 760. The monoisotopic (exact) mass is 434 g/mol. The number of likely N-dealkylation sites (tertiary alicyclic amines) is 1. The van der Waals surface area contributed by atoms with Gasteiger partial charge in [-0.1, -0.05) is 0 Å². The molecule has 0 spiro atoms. The zero-order chi connectivity index (χ0) is 23.2.